The third kappa shape index (κ3) is 2.31. The normalized spacial score (nSPS) is 28.7. The number of aldehydes is 1. The van der Waals surface area contributed by atoms with Crippen molar-refractivity contribution in [3.05, 3.63) is 0 Å². The summed E-state index contributed by atoms with van der Waals surface area (Å²) in [6.45, 7) is -0.109. The average molecular weight is 209 g/mol. The van der Waals surface area contributed by atoms with Crippen LogP contribution in [0.3, 0.4) is 0 Å². The SMILES string of the molecule is O=CC(=O)C1CNC(S(=O)(=O)O)O1. The second kappa shape index (κ2) is 3.50. The summed E-state index contributed by atoms with van der Waals surface area (Å²) >= 11 is 0. The molecule has 1 rings (SSSR count). The highest BCUT2D eigenvalue weighted by Crippen LogP contribution is 2.09. The third-order valence-electron chi connectivity index (χ3n) is 1.46. The quantitative estimate of drug-likeness (QED) is 0.311. The Kier molecular flexibility index (Phi) is 2.76. The first kappa shape index (κ1) is 10.3. The Balaban J connectivity index is 2.65. The molecule has 2 unspecified atom stereocenters. The number of nitrogens with one attached hydrogen (secondary N) is 1. The minimum Gasteiger partial charge on any atom is -0.334 e. The van der Waals surface area contributed by atoms with Gasteiger partial charge in [0.25, 0.3) is 0 Å². The van der Waals surface area contributed by atoms with Crippen molar-refractivity contribution in [3.63, 3.8) is 0 Å². The van der Waals surface area contributed by atoms with Crippen LogP contribution in [0.25, 0.3) is 0 Å². The molecular weight excluding hydrogens is 202 g/mol. The van der Waals surface area contributed by atoms with E-state index in [-0.39, 0.29) is 12.8 Å². The molecule has 74 valence electrons. The van der Waals surface area contributed by atoms with Crippen LogP contribution in [0.15, 0.2) is 0 Å². The van der Waals surface area contributed by atoms with Gasteiger partial charge in [-0.25, -0.2) is 0 Å². The summed E-state index contributed by atoms with van der Waals surface area (Å²) in [6, 6.07) is 0. The molecule has 1 heterocycles. The summed E-state index contributed by atoms with van der Waals surface area (Å²) in [5.74, 6) is -0.862. The predicted octanol–water partition coefficient (Wildman–Crippen LogP) is -2.09. The van der Waals surface area contributed by atoms with Crippen LogP contribution in [-0.2, 0) is 24.4 Å². The minimum atomic E-state index is -4.38. The van der Waals surface area contributed by atoms with E-state index in [9.17, 15) is 18.0 Å². The minimum absolute atomic E-state index is 0.0404. The Morgan fingerprint density at radius 2 is 2.23 bits per heavy atom. The summed E-state index contributed by atoms with van der Waals surface area (Å²) in [5, 5.41) is 2.22. The lowest BCUT2D eigenvalue weighted by Gasteiger charge is -2.06. The molecule has 0 bridgehead atoms. The van der Waals surface area contributed by atoms with Crippen LogP contribution in [0.4, 0.5) is 0 Å². The van der Waals surface area contributed by atoms with Crippen LogP contribution in [0.1, 0.15) is 0 Å². The van der Waals surface area contributed by atoms with E-state index in [4.69, 9.17) is 4.55 Å². The molecule has 0 aromatic carbocycles. The molecule has 0 aromatic heterocycles. The molecule has 0 aliphatic carbocycles. The van der Waals surface area contributed by atoms with Gasteiger partial charge in [-0.05, 0) is 0 Å². The fourth-order valence-electron chi connectivity index (χ4n) is 0.868. The Bertz CT molecular complexity index is 322. The highest BCUT2D eigenvalue weighted by Gasteiger charge is 2.36. The van der Waals surface area contributed by atoms with Crippen LogP contribution >= 0.6 is 0 Å². The van der Waals surface area contributed by atoms with Crippen molar-refractivity contribution in [1.82, 2.24) is 5.32 Å². The lowest BCUT2D eigenvalue weighted by Crippen LogP contribution is -2.31. The molecule has 1 fully saturated rings. The Morgan fingerprint density at radius 3 is 2.62 bits per heavy atom. The van der Waals surface area contributed by atoms with Crippen molar-refractivity contribution in [1.29, 1.82) is 0 Å². The lowest BCUT2D eigenvalue weighted by molar-refractivity contribution is -0.136. The van der Waals surface area contributed by atoms with Crippen molar-refractivity contribution in [3.8, 4) is 0 Å². The average Bonchev–Trinajstić information content (AvgIpc) is 2.50. The molecule has 7 nitrogen and oxygen atoms in total. The van der Waals surface area contributed by atoms with E-state index in [0.29, 0.717) is 0 Å². The second-order valence-electron chi connectivity index (χ2n) is 2.40. The maximum absolute atomic E-state index is 10.7. The van der Waals surface area contributed by atoms with Gasteiger partial charge >= 0.3 is 10.1 Å². The van der Waals surface area contributed by atoms with Gasteiger partial charge in [0.2, 0.25) is 11.3 Å². The van der Waals surface area contributed by atoms with Crippen LogP contribution in [0.5, 0.6) is 0 Å². The van der Waals surface area contributed by atoms with E-state index in [0.717, 1.165) is 0 Å². The largest absolute Gasteiger partial charge is 0.334 e. The molecule has 0 radical (unpaired) electrons. The van der Waals surface area contributed by atoms with Crippen molar-refractivity contribution < 1.29 is 27.3 Å². The molecule has 0 amide bonds. The van der Waals surface area contributed by atoms with Crippen molar-refractivity contribution >= 4 is 22.2 Å². The number of carbonyl (C=O) groups excluding carboxylic acids is 2. The summed E-state index contributed by atoms with van der Waals surface area (Å²) in [4.78, 5) is 20.7. The highest BCUT2D eigenvalue weighted by molar-refractivity contribution is 7.86. The second-order valence-corrected chi connectivity index (χ2v) is 3.86. The summed E-state index contributed by atoms with van der Waals surface area (Å²) in [5.41, 5.74) is -1.62. The van der Waals surface area contributed by atoms with Gasteiger partial charge in [0.1, 0.15) is 6.10 Å². The maximum Gasteiger partial charge on any atom is 0.306 e. The van der Waals surface area contributed by atoms with Crippen molar-refractivity contribution in [2.24, 2.45) is 0 Å². The predicted molar refractivity (Wildman–Crippen MR) is 39.3 cm³/mol. The van der Waals surface area contributed by atoms with Gasteiger partial charge in [-0.3, -0.25) is 19.5 Å². The number of ether oxygens (including phenoxy) is 1. The van der Waals surface area contributed by atoms with Crippen LogP contribution in [0.2, 0.25) is 0 Å². The topological polar surface area (TPSA) is 110 Å². The maximum atomic E-state index is 10.7. The molecule has 0 saturated carbocycles. The molecule has 2 N–H and O–H groups in total. The number of carbonyl (C=O) groups is 2. The first-order chi connectivity index (χ1) is 5.95. The van der Waals surface area contributed by atoms with Crippen LogP contribution in [-0.4, -0.2) is 43.2 Å². The Morgan fingerprint density at radius 1 is 1.62 bits per heavy atom. The number of rotatable bonds is 3. The van der Waals surface area contributed by atoms with Crippen molar-refractivity contribution in [2.45, 2.75) is 11.7 Å². The molecule has 13 heavy (non-hydrogen) atoms. The summed E-state index contributed by atoms with van der Waals surface area (Å²) < 4.78 is 33.9. The van der Waals surface area contributed by atoms with E-state index in [1.54, 1.807) is 0 Å². The zero-order valence-electron chi connectivity index (χ0n) is 6.34. The Labute approximate surface area is 73.8 Å². The van der Waals surface area contributed by atoms with Gasteiger partial charge in [-0.2, -0.15) is 8.42 Å². The number of ketones is 1. The van der Waals surface area contributed by atoms with E-state index in [2.05, 4.69) is 10.1 Å². The fourth-order valence-corrected chi connectivity index (χ4v) is 1.45. The smallest absolute Gasteiger partial charge is 0.306 e. The van der Waals surface area contributed by atoms with Crippen LogP contribution < -0.4 is 5.32 Å². The molecule has 1 aliphatic heterocycles. The van der Waals surface area contributed by atoms with E-state index in [1.165, 1.54) is 0 Å². The van der Waals surface area contributed by atoms with Gasteiger partial charge in [-0.1, -0.05) is 0 Å². The highest BCUT2D eigenvalue weighted by atomic mass is 32.2. The zero-order valence-corrected chi connectivity index (χ0v) is 7.15. The molecular formula is C5H7NO6S. The molecule has 8 heteroatoms. The summed E-state index contributed by atoms with van der Waals surface area (Å²) in [7, 11) is -4.38. The lowest BCUT2D eigenvalue weighted by atomic mass is 10.2. The number of hydrogen-bond donors (Lipinski definition) is 2. The van der Waals surface area contributed by atoms with Crippen LogP contribution in [0, 0.1) is 0 Å². The van der Waals surface area contributed by atoms with Gasteiger partial charge in [0.05, 0.1) is 0 Å². The van der Waals surface area contributed by atoms with Gasteiger partial charge < -0.3 is 4.74 Å². The first-order valence-corrected chi connectivity index (χ1v) is 4.79. The van der Waals surface area contributed by atoms with E-state index in [1.807, 2.05) is 0 Å². The Hall–Kier alpha value is -0.830. The van der Waals surface area contributed by atoms with E-state index < -0.39 is 27.6 Å². The van der Waals surface area contributed by atoms with Crippen molar-refractivity contribution in [2.75, 3.05) is 6.54 Å². The molecule has 0 aromatic rings. The number of hydrogen-bond acceptors (Lipinski definition) is 6. The third-order valence-corrected chi connectivity index (χ3v) is 2.28. The van der Waals surface area contributed by atoms with Gasteiger partial charge in [0, 0.05) is 6.54 Å². The van der Waals surface area contributed by atoms with E-state index >= 15 is 0 Å². The molecule has 1 saturated heterocycles. The summed E-state index contributed by atoms with van der Waals surface area (Å²) in [6.07, 6.45) is -1.09. The van der Waals surface area contributed by atoms with Gasteiger partial charge in [-0.15, -0.1) is 0 Å². The molecule has 1 aliphatic rings. The zero-order chi connectivity index (χ0) is 10.1. The monoisotopic (exact) mass is 209 g/mol. The van der Waals surface area contributed by atoms with Gasteiger partial charge in [0.15, 0.2) is 6.29 Å². The standard InChI is InChI=1S/C5H7NO6S/c7-2-3(8)4-1-6-5(12-4)13(9,10)11/h2,4-6H,1H2,(H,9,10,11). The molecule has 2 atom stereocenters. The molecule has 0 spiro atoms. The fraction of sp³-hybridized carbons (Fsp3) is 0.600. The first-order valence-electron chi connectivity index (χ1n) is 3.29. The number of Topliss-reactive ketones (excluding diaryl/α,β-unsaturated/α-hetero) is 1.